The predicted molar refractivity (Wildman–Crippen MR) is 64.9 cm³/mol. The van der Waals surface area contributed by atoms with Gasteiger partial charge in [0.25, 0.3) is 0 Å². The number of rotatable bonds is 7. The van der Waals surface area contributed by atoms with Crippen LogP contribution < -0.4 is 5.32 Å². The van der Waals surface area contributed by atoms with Crippen LogP contribution in [0.4, 0.5) is 0 Å². The van der Waals surface area contributed by atoms with E-state index in [1.165, 1.54) is 25.7 Å². The van der Waals surface area contributed by atoms with Crippen LogP contribution >= 0.6 is 0 Å². The van der Waals surface area contributed by atoms with E-state index in [4.69, 9.17) is 0 Å². The lowest BCUT2D eigenvalue weighted by molar-refractivity contribution is 0.161. The van der Waals surface area contributed by atoms with Crippen LogP contribution in [0, 0.1) is 11.8 Å². The molecule has 0 spiro atoms. The highest BCUT2D eigenvalue weighted by Gasteiger charge is 2.19. The van der Waals surface area contributed by atoms with E-state index in [0.717, 1.165) is 18.9 Å². The second-order valence-electron chi connectivity index (χ2n) is 5.53. The van der Waals surface area contributed by atoms with Crippen molar-refractivity contribution in [1.82, 2.24) is 5.32 Å². The number of nitrogens with one attached hydrogen (secondary N) is 1. The van der Waals surface area contributed by atoms with Crippen LogP contribution in [-0.4, -0.2) is 23.8 Å². The summed E-state index contributed by atoms with van der Waals surface area (Å²) in [7, 11) is 0. The zero-order valence-electron chi connectivity index (χ0n) is 10.5. The third-order valence-electron chi connectivity index (χ3n) is 3.47. The average molecular weight is 213 g/mol. The Hall–Kier alpha value is -0.0800. The molecule has 0 amide bonds. The van der Waals surface area contributed by atoms with Crippen molar-refractivity contribution in [2.24, 2.45) is 11.8 Å². The summed E-state index contributed by atoms with van der Waals surface area (Å²) in [5.74, 6) is 1.56. The van der Waals surface area contributed by atoms with Crippen LogP contribution in [0.2, 0.25) is 0 Å². The van der Waals surface area contributed by atoms with Crippen LogP contribution in [0.3, 0.4) is 0 Å². The zero-order valence-corrected chi connectivity index (χ0v) is 10.5. The molecular weight excluding hydrogens is 186 g/mol. The summed E-state index contributed by atoms with van der Waals surface area (Å²) in [6.45, 7) is 7.40. The molecule has 3 atom stereocenters. The minimum atomic E-state index is -0.163. The first kappa shape index (κ1) is 13.0. The molecule has 1 aliphatic rings. The standard InChI is InChI=1S/C13H27NO/c1-10(7-12(3)15)9-14-11(2)8-13-5-4-6-13/h10-15H,4-9H2,1-3H3. The van der Waals surface area contributed by atoms with Gasteiger partial charge in [0.15, 0.2) is 0 Å². The molecule has 1 aliphatic carbocycles. The van der Waals surface area contributed by atoms with Gasteiger partial charge in [0.05, 0.1) is 6.10 Å². The van der Waals surface area contributed by atoms with E-state index in [9.17, 15) is 5.11 Å². The minimum Gasteiger partial charge on any atom is -0.393 e. The van der Waals surface area contributed by atoms with E-state index in [-0.39, 0.29) is 6.10 Å². The van der Waals surface area contributed by atoms with Crippen molar-refractivity contribution in [3.63, 3.8) is 0 Å². The molecule has 2 nitrogen and oxygen atoms in total. The van der Waals surface area contributed by atoms with Gasteiger partial charge in [-0.25, -0.2) is 0 Å². The number of hydrogen-bond donors (Lipinski definition) is 2. The molecule has 0 bridgehead atoms. The fourth-order valence-corrected chi connectivity index (χ4v) is 2.38. The Morgan fingerprint density at radius 1 is 1.27 bits per heavy atom. The topological polar surface area (TPSA) is 32.3 Å². The number of hydrogen-bond acceptors (Lipinski definition) is 2. The normalized spacial score (nSPS) is 23.2. The van der Waals surface area contributed by atoms with Crippen LogP contribution in [-0.2, 0) is 0 Å². The van der Waals surface area contributed by atoms with E-state index in [1.54, 1.807) is 0 Å². The summed E-state index contributed by atoms with van der Waals surface area (Å²) < 4.78 is 0. The van der Waals surface area contributed by atoms with Crippen molar-refractivity contribution in [3.05, 3.63) is 0 Å². The Labute approximate surface area is 94.5 Å². The van der Waals surface area contributed by atoms with Crippen molar-refractivity contribution < 1.29 is 5.11 Å². The monoisotopic (exact) mass is 213 g/mol. The Morgan fingerprint density at radius 3 is 2.40 bits per heavy atom. The van der Waals surface area contributed by atoms with Crippen LogP contribution in [0.1, 0.15) is 52.9 Å². The van der Waals surface area contributed by atoms with Gasteiger partial charge < -0.3 is 10.4 Å². The van der Waals surface area contributed by atoms with Crippen LogP contribution in [0.15, 0.2) is 0 Å². The first-order chi connectivity index (χ1) is 7.08. The Bertz CT molecular complexity index is 166. The lowest BCUT2D eigenvalue weighted by Gasteiger charge is -2.29. The molecule has 1 fully saturated rings. The number of aliphatic hydroxyl groups excluding tert-OH is 1. The average Bonchev–Trinajstić information content (AvgIpc) is 2.07. The van der Waals surface area contributed by atoms with Crippen molar-refractivity contribution in [2.45, 2.75) is 65.0 Å². The van der Waals surface area contributed by atoms with E-state index < -0.39 is 0 Å². The molecule has 2 heteroatoms. The Balaban J connectivity index is 2.01. The highest BCUT2D eigenvalue weighted by atomic mass is 16.3. The smallest absolute Gasteiger partial charge is 0.0515 e. The van der Waals surface area contributed by atoms with Gasteiger partial charge in [-0.3, -0.25) is 0 Å². The first-order valence-corrected chi connectivity index (χ1v) is 6.49. The summed E-state index contributed by atoms with van der Waals surface area (Å²) in [6, 6.07) is 0.645. The Morgan fingerprint density at radius 2 is 1.93 bits per heavy atom. The minimum absolute atomic E-state index is 0.163. The molecule has 0 aliphatic heterocycles. The zero-order chi connectivity index (χ0) is 11.3. The maximum absolute atomic E-state index is 9.25. The lowest BCUT2D eigenvalue weighted by Crippen LogP contribution is -2.34. The van der Waals surface area contributed by atoms with E-state index in [2.05, 4.69) is 19.2 Å². The summed E-state index contributed by atoms with van der Waals surface area (Å²) in [5, 5.41) is 12.8. The van der Waals surface area contributed by atoms with Gasteiger partial charge in [-0.1, -0.05) is 26.2 Å². The summed E-state index contributed by atoms with van der Waals surface area (Å²) in [4.78, 5) is 0. The highest BCUT2D eigenvalue weighted by molar-refractivity contribution is 4.75. The third kappa shape index (κ3) is 5.53. The molecule has 0 aromatic rings. The SMILES string of the molecule is CC(O)CC(C)CNC(C)CC1CCC1. The summed E-state index contributed by atoms with van der Waals surface area (Å²) in [6.07, 6.45) is 6.40. The van der Waals surface area contributed by atoms with Crippen molar-refractivity contribution in [3.8, 4) is 0 Å². The van der Waals surface area contributed by atoms with E-state index in [0.29, 0.717) is 12.0 Å². The van der Waals surface area contributed by atoms with Gasteiger partial charge in [-0.05, 0) is 45.1 Å². The van der Waals surface area contributed by atoms with Crippen LogP contribution in [0.25, 0.3) is 0 Å². The molecular formula is C13H27NO. The maximum atomic E-state index is 9.25. The quantitative estimate of drug-likeness (QED) is 0.681. The molecule has 0 aromatic heterocycles. The first-order valence-electron chi connectivity index (χ1n) is 6.49. The molecule has 90 valence electrons. The molecule has 0 saturated heterocycles. The molecule has 0 heterocycles. The molecule has 2 N–H and O–H groups in total. The van der Waals surface area contributed by atoms with Gasteiger partial charge >= 0.3 is 0 Å². The fourth-order valence-electron chi connectivity index (χ4n) is 2.38. The lowest BCUT2D eigenvalue weighted by atomic mass is 9.81. The summed E-state index contributed by atoms with van der Waals surface area (Å²) in [5.41, 5.74) is 0. The Kier molecular flexibility index (Phi) is 5.62. The highest BCUT2D eigenvalue weighted by Crippen LogP contribution is 2.30. The second kappa shape index (κ2) is 6.49. The molecule has 0 aromatic carbocycles. The second-order valence-corrected chi connectivity index (χ2v) is 5.53. The van der Waals surface area contributed by atoms with Crippen molar-refractivity contribution in [2.75, 3.05) is 6.54 Å². The van der Waals surface area contributed by atoms with Gasteiger partial charge in [-0.2, -0.15) is 0 Å². The maximum Gasteiger partial charge on any atom is 0.0515 e. The summed E-state index contributed by atoms with van der Waals surface area (Å²) >= 11 is 0. The molecule has 3 unspecified atom stereocenters. The van der Waals surface area contributed by atoms with E-state index in [1.807, 2.05) is 6.92 Å². The fraction of sp³-hybridized carbons (Fsp3) is 1.00. The van der Waals surface area contributed by atoms with Gasteiger partial charge in [-0.15, -0.1) is 0 Å². The van der Waals surface area contributed by atoms with Crippen molar-refractivity contribution >= 4 is 0 Å². The van der Waals surface area contributed by atoms with Crippen molar-refractivity contribution in [1.29, 1.82) is 0 Å². The molecule has 1 rings (SSSR count). The third-order valence-corrected chi connectivity index (χ3v) is 3.47. The van der Waals surface area contributed by atoms with E-state index >= 15 is 0 Å². The van der Waals surface area contributed by atoms with Gasteiger partial charge in [0, 0.05) is 6.04 Å². The molecule has 1 saturated carbocycles. The number of aliphatic hydroxyl groups is 1. The van der Waals surface area contributed by atoms with Gasteiger partial charge in [0.1, 0.15) is 0 Å². The van der Waals surface area contributed by atoms with Crippen LogP contribution in [0.5, 0.6) is 0 Å². The largest absolute Gasteiger partial charge is 0.393 e. The predicted octanol–water partition coefficient (Wildman–Crippen LogP) is 2.56. The molecule has 15 heavy (non-hydrogen) atoms. The molecule has 0 radical (unpaired) electrons. The van der Waals surface area contributed by atoms with Gasteiger partial charge in [0.2, 0.25) is 0 Å².